The fraction of sp³-hybridized carbons (Fsp3) is 0.278. The summed E-state index contributed by atoms with van der Waals surface area (Å²) in [7, 11) is 1.60. The quantitative estimate of drug-likeness (QED) is 0.778. The maximum atomic E-state index is 5.22. The standard InChI is InChI=1S/C18H18N4O2/c1-23-11-17-21-18(24-22-17)14-6-7-16(19-10-14)20-15-8-12-4-2-3-5-13(12)9-15/h2-7,10,15H,8-9,11H2,1H3,(H,19,20). The summed E-state index contributed by atoms with van der Waals surface area (Å²) in [6, 6.07) is 12.8. The van der Waals surface area contributed by atoms with Crippen molar-refractivity contribution in [2.24, 2.45) is 0 Å². The summed E-state index contributed by atoms with van der Waals surface area (Å²) in [6.45, 7) is 0.332. The van der Waals surface area contributed by atoms with Gasteiger partial charge in [0.05, 0.1) is 5.56 Å². The number of nitrogens with one attached hydrogen (secondary N) is 1. The van der Waals surface area contributed by atoms with Gasteiger partial charge in [-0.05, 0) is 36.1 Å². The molecule has 4 rings (SSSR count). The normalized spacial score (nSPS) is 13.9. The molecule has 0 amide bonds. The first kappa shape index (κ1) is 14.8. The molecule has 6 nitrogen and oxygen atoms in total. The highest BCUT2D eigenvalue weighted by molar-refractivity contribution is 5.54. The number of rotatable bonds is 5. The molecule has 2 heterocycles. The first-order valence-electron chi connectivity index (χ1n) is 7.93. The van der Waals surface area contributed by atoms with Crippen molar-refractivity contribution in [3.05, 3.63) is 59.5 Å². The van der Waals surface area contributed by atoms with Crippen molar-refractivity contribution in [3.63, 3.8) is 0 Å². The Balaban J connectivity index is 1.43. The van der Waals surface area contributed by atoms with Crippen LogP contribution in [0.4, 0.5) is 5.82 Å². The molecule has 1 aromatic carbocycles. The molecule has 0 saturated carbocycles. The van der Waals surface area contributed by atoms with Crippen LogP contribution in [0.15, 0.2) is 47.1 Å². The molecule has 0 saturated heterocycles. The van der Waals surface area contributed by atoms with Crippen LogP contribution in [0.1, 0.15) is 17.0 Å². The van der Waals surface area contributed by atoms with E-state index in [1.807, 2.05) is 12.1 Å². The minimum Gasteiger partial charge on any atom is -0.377 e. The van der Waals surface area contributed by atoms with Crippen LogP contribution >= 0.6 is 0 Å². The van der Waals surface area contributed by atoms with Gasteiger partial charge < -0.3 is 14.6 Å². The molecule has 0 radical (unpaired) electrons. The fourth-order valence-electron chi connectivity index (χ4n) is 3.03. The lowest BCUT2D eigenvalue weighted by Gasteiger charge is -2.12. The Bertz CT molecular complexity index is 804. The van der Waals surface area contributed by atoms with Gasteiger partial charge in [-0.3, -0.25) is 0 Å². The Kier molecular flexibility index (Phi) is 3.96. The molecule has 1 N–H and O–H groups in total. The molecular weight excluding hydrogens is 304 g/mol. The summed E-state index contributed by atoms with van der Waals surface area (Å²) < 4.78 is 10.2. The minimum atomic E-state index is 0.332. The van der Waals surface area contributed by atoms with Crippen LogP contribution in [0.5, 0.6) is 0 Å². The van der Waals surface area contributed by atoms with Gasteiger partial charge in [-0.25, -0.2) is 4.98 Å². The Morgan fingerprint density at radius 2 is 1.96 bits per heavy atom. The van der Waals surface area contributed by atoms with E-state index in [0.29, 0.717) is 24.4 Å². The second kappa shape index (κ2) is 6.41. The van der Waals surface area contributed by atoms with Crippen molar-refractivity contribution in [1.29, 1.82) is 0 Å². The van der Waals surface area contributed by atoms with Crippen molar-refractivity contribution in [3.8, 4) is 11.5 Å². The van der Waals surface area contributed by atoms with Crippen molar-refractivity contribution >= 4 is 5.82 Å². The van der Waals surface area contributed by atoms with Crippen molar-refractivity contribution < 1.29 is 9.26 Å². The number of ether oxygens (including phenoxy) is 1. The first-order chi connectivity index (χ1) is 11.8. The van der Waals surface area contributed by atoms with Crippen molar-refractivity contribution in [2.75, 3.05) is 12.4 Å². The number of fused-ring (bicyclic) bond motifs is 1. The number of pyridine rings is 1. The third-order valence-electron chi connectivity index (χ3n) is 4.15. The van der Waals surface area contributed by atoms with Crippen molar-refractivity contribution in [1.82, 2.24) is 15.1 Å². The second-order valence-corrected chi connectivity index (χ2v) is 5.90. The maximum absolute atomic E-state index is 5.22. The van der Waals surface area contributed by atoms with Gasteiger partial charge in [0, 0.05) is 19.3 Å². The first-order valence-corrected chi connectivity index (χ1v) is 7.93. The van der Waals surface area contributed by atoms with E-state index in [-0.39, 0.29) is 0 Å². The molecule has 0 atom stereocenters. The van der Waals surface area contributed by atoms with Gasteiger partial charge in [0.1, 0.15) is 12.4 Å². The van der Waals surface area contributed by atoms with E-state index >= 15 is 0 Å². The molecule has 0 aliphatic heterocycles. The van der Waals surface area contributed by atoms with E-state index < -0.39 is 0 Å². The largest absolute Gasteiger partial charge is 0.377 e. The molecule has 1 aliphatic carbocycles. The molecule has 2 aromatic heterocycles. The monoisotopic (exact) mass is 322 g/mol. The third kappa shape index (κ3) is 3.00. The number of nitrogens with zero attached hydrogens (tertiary/aromatic N) is 3. The predicted octanol–water partition coefficient (Wildman–Crippen LogP) is 2.86. The summed E-state index contributed by atoms with van der Waals surface area (Å²) in [4.78, 5) is 8.73. The van der Waals surface area contributed by atoms with E-state index in [0.717, 1.165) is 24.2 Å². The highest BCUT2D eigenvalue weighted by Crippen LogP contribution is 2.24. The number of anilines is 1. The SMILES string of the molecule is COCc1noc(-c2ccc(NC3Cc4ccccc4C3)nc2)n1. The summed E-state index contributed by atoms with van der Waals surface area (Å²) in [6.07, 6.45) is 3.81. The molecule has 0 unspecified atom stereocenters. The molecule has 122 valence electrons. The molecule has 0 spiro atoms. The van der Waals surface area contributed by atoms with E-state index in [1.54, 1.807) is 13.3 Å². The molecule has 1 aliphatic rings. The van der Waals surface area contributed by atoms with Gasteiger partial charge >= 0.3 is 0 Å². The number of hydrogen-bond donors (Lipinski definition) is 1. The molecule has 3 aromatic rings. The third-order valence-corrected chi connectivity index (χ3v) is 4.15. The number of aromatic nitrogens is 3. The zero-order valence-corrected chi connectivity index (χ0v) is 13.4. The lowest BCUT2D eigenvalue weighted by Crippen LogP contribution is -2.20. The van der Waals surface area contributed by atoms with Crippen LogP contribution in [0.2, 0.25) is 0 Å². The van der Waals surface area contributed by atoms with E-state index in [1.165, 1.54) is 11.1 Å². The highest BCUT2D eigenvalue weighted by atomic mass is 16.5. The highest BCUT2D eigenvalue weighted by Gasteiger charge is 2.21. The number of hydrogen-bond acceptors (Lipinski definition) is 6. The van der Waals surface area contributed by atoms with Gasteiger partial charge in [-0.2, -0.15) is 4.98 Å². The molecule has 24 heavy (non-hydrogen) atoms. The summed E-state index contributed by atoms with van der Waals surface area (Å²) in [5, 5.41) is 7.35. The average Bonchev–Trinajstić information content (AvgIpc) is 3.22. The lowest BCUT2D eigenvalue weighted by molar-refractivity contribution is 0.174. The Morgan fingerprint density at radius 1 is 1.17 bits per heavy atom. The Labute approximate surface area is 139 Å². The van der Waals surface area contributed by atoms with E-state index in [4.69, 9.17) is 9.26 Å². The lowest BCUT2D eigenvalue weighted by atomic mass is 10.1. The number of methoxy groups -OCH3 is 1. The Morgan fingerprint density at radius 3 is 2.62 bits per heavy atom. The van der Waals surface area contributed by atoms with Crippen LogP contribution in [0.3, 0.4) is 0 Å². The zero-order valence-electron chi connectivity index (χ0n) is 13.4. The molecule has 6 heteroatoms. The summed E-state index contributed by atoms with van der Waals surface area (Å²) >= 11 is 0. The van der Waals surface area contributed by atoms with Crippen LogP contribution in [-0.4, -0.2) is 28.3 Å². The van der Waals surface area contributed by atoms with Gasteiger partial charge in [0.2, 0.25) is 0 Å². The molecule has 0 fully saturated rings. The minimum absolute atomic E-state index is 0.332. The molecular formula is C18H18N4O2. The van der Waals surface area contributed by atoms with Crippen LogP contribution in [0.25, 0.3) is 11.5 Å². The van der Waals surface area contributed by atoms with Crippen molar-refractivity contribution in [2.45, 2.75) is 25.5 Å². The van der Waals surface area contributed by atoms with Gasteiger partial charge in [0.15, 0.2) is 5.82 Å². The van der Waals surface area contributed by atoms with E-state index in [2.05, 4.69) is 44.7 Å². The van der Waals surface area contributed by atoms with Crippen LogP contribution in [0, 0.1) is 0 Å². The topological polar surface area (TPSA) is 73.1 Å². The van der Waals surface area contributed by atoms with Gasteiger partial charge in [-0.15, -0.1) is 0 Å². The molecule has 0 bridgehead atoms. The smallest absolute Gasteiger partial charge is 0.259 e. The number of benzene rings is 1. The van der Waals surface area contributed by atoms with E-state index in [9.17, 15) is 0 Å². The van der Waals surface area contributed by atoms with Crippen LogP contribution < -0.4 is 5.32 Å². The predicted molar refractivity (Wildman–Crippen MR) is 89.5 cm³/mol. The zero-order chi connectivity index (χ0) is 16.4. The summed E-state index contributed by atoms with van der Waals surface area (Å²) in [5.41, 5.74) is 3.64. The average molecular weight is 322 g/mol. The second-order valence-electron chi connectivity index (χ2n) is 5.90. The van der Waals surface area contributed by atoms with Gasteiger partial charge in [-0.1, -0.05) is 29.4 Å². The fourth-order valence-corrected chi connectivity index (χ4v) is 3.03. The summed E-state index contributed by atoms with van der Waals surface area (Å²) in [5.74, 6) is 1.83. The Hall–Kier alpha value is -2.73. The van der Waals surface area contributed by atoms with Crippen LogP contribution in [-0.2, 0) is 24.2 Å². The van der Waals surface area contributed by atoms with Gasteiger partial charge in [0.25, 0.3) is 5.89 Å². The maximum Gasteiger partial charge on any atom is 0.259 e.